The summed E-state index contributed by atoms with van der Waals surface area (Å²) in [6, 6.07) is 131. The summed E-state index contributed by atoms with van der Waals surface area (Å²) in [7, 11) is 0. The molecule has 6 aromatic heterocycles. The van der Waals surface area contributed by atoms with E-state index in [9.17, 15) is 21.0 Å². The lowest BCUT2D eigenvalue weighted by molar-refractivity contribution is 0.480. The molecule has 22 rings (SSSR count). The van der Waals surface area contributed by atoms with Crippen LogP contribution in [-0.4, -0.2) is 48.2 Å². The lowest BCUT2D eigenvalue weighted by Gasteiger charge is -2.26. The summed E-state index contributed by atoms with van der Waals surface area (Å²) in [6.07, 6.45) is 1.58. The van der Waals surface area contributed by atoms with Gasteiger partial charge >= 0.3 is 0 Å². The SMILES string of the molecule is Cc1ccc2c(c1)c1ccccc1n2-c1cc(C#N)ccc1-c1nc(-c2ccccc2)nc(-c2cc(-c3cccc(C#N)c3)ccc2-n2c3ccccc3c3cc(CCC(C)(C)c4ccc5c(c4)c4ccccc4n5-c4cc(C#N)ccc4-c4nc(-c5ccccc5)nc(-c5cc(-c6cccc(C#N)c6)ccc5-n5c6ccccc6c6cc(C(C)(C)C)ccc65)n4)ccc32)n1. The highest BCUT2D eigenvalue weighted by molar-refractivity contribution is 6.14. The van der Waals surface area contributed by atoms with Crippen molar-refractivity contribution in [2.24, 2.45) is 0 Å². The number of nitrogens with zero attached hydrogens (tertiary/aromatic N) is 14. The van der Waals surface area contributed by atoms with Gasteiger partial charge in [0.25, 0.3) is 0 Å². The maximum atomic E-state index is 10.9. The number of aryl methyl sites for hydroxylation is 2. The zero-order valence-corrected chi connectivity index (χ0v) is 72.2. The van der Waals surface area contributed by atoms with E-state index in [1.807, 2.05) is 152 Å². The van der Waals surface area contributed by atoms with Gasteiger partial charge in [-0.05, 0) is 227 Å². The van der Waals surface area contributed by atoms with Crippen molar-refractivity contribution in [3.8, 4) is 138 Å². The van der Waals surface area contributed by atoms with Crippen LogP contribution in [0, 0.1) is 52.2 Å². The van der Waals surface area contributed by atoms with Crippen LogP contribution in [-0.2, 0) is 17.3 Å². The van der Waals surface area contributed by atoms with E-state index in [2.05, 4.69) is 284 Å². The lowest BCUT2D eigenvalue weighted by atomic mass is 9.79. The highest BCUT2D eigenvalue weighted by atomic mass is 15.1. The predicted molar refractivity (Wildman–Crippen MR) is 524 cm³/mol. The minimum Gasteiger partial charge on any atom is -0.309 e. The molecular weight excluding hydrogens is 1590 g/mol. The molecular formula is C116H80N14. The van der Waals surface area contributed by atoms with E-state index in [1.165, 1.54) is 16.7 Å². The average Bonchev–Trinajstić information content (AvgIpc) is 1.58. The molecule has 22 aromatic rings. The van der Waals surface area contributed by atoms with E-state index < -0.39 is 0 Å². The Labute approximate surface area is 750 Å². The van der Waals surface area contributed by atoms with Gasteiger partial charge in [-0.15, -0.1) is 0 Å². The molecule has 0 bridgehead atoms. The molecule has 614 valence electrons. The van der Waals surface area contributed by atoms with Crippen molar-refractivity contribution >= 4 is 87.2 Å². The summed E-state index contributed by atoms with van der Waals surface area (Å²) in [5, 5.41) is 50.8. The first-order chi connectivity index (χ1) is 63.5. The maximum Gasteiger partial charge on any atom is 0.166 e. The molecule has 0 saturated carbocycles. The van der Waals surface area contributed by atoms with Gasteiger partial charge in [0.05, 0.1) is 113 Å². The van der Waals surface area contributed by atoms with E-state index in [4.69, 9.17) is 29.9 Å². The third-order valence-electron chi connectivity index (χ3n) is 25.8. The van der Waals surface area contributed by atoms with Gasteiger partial charge in [0.2, 0.25) is 0 Å². The summed E-state index contributed by atoms with van der Waals surface area (Å²) in [6.45, 7) is 13.5. The number of fused-ring (bicyclic) bond motifs is 12. The second kappa shape index (κ2) is 31.4. The summed E-state index contributed by atoms with van der Waals surface area (Å²) in [5.74, 6) is 2.67. The maximum absolute atomic E-state index is 10.9. The van der Waals surface area contributed by atoms with Crippen molar-refractivity contribution in [3.05, 3.63) is 396 Å². The highest BCUT2D eigenvalue weighted by Gasteiger charge is 2.30. The number of aromatic nitrogens is 10. The summed E-state index contributed by atoms with van der Waals surface area (Å²) in [5.41, 5.74) is 25.5. The number of para-hydroxylation sites is 4. The number of hydrogen-bond donors (Lipinski definition) is 0. The van der Waals surface area contributed by atoms with Crippen LogP contribution < -0.4 is 0 Å². The second-order valence-corrected chi connectivity index (χ2v) is 35.3. The van der Waals surface area contributed by atoms with E-state index in [1.54, 1.807) is 0 Å². The van der Waals surface area contributed by atoms with Gasteiger partial charge < -0.3 is 18.3 Å². The lowest BCUT2D eigenvalue weighted by Crippen LogP contribution is -2.18. The van der Waals surface area contributed by atoms with Crippen molar-refractivity contribution in [2.75, 3.05) is 0 Å². The third kappa shape index (κ3) is 13.6. The van der Waals surface area contributed by atoms with E-state index in [-0.39, 0.29) is 10.8 Å². The summed E-state index contributed by atoms with van der Waals surface area (Å²) >= 11 is 0. The Morgan fingerprint density at radius 3 is 1.02 bits per heavy atom. The van der Waals surface area contributed by atoms with Crippen LogP contribution in [0.4, 0.5) is 0 Å². The Bertz CT molecular complexity index is 8640. The Kier molecular flexibility index (Phi) is 19.0. The van der Waals surface area contributed by atoms with Crippen molar-refractivity contribution in [2.45, 2.75) is 65.2 Å². The monoisotopic (exact) mass is 1670 g/mol. The van der Waals surface area contributed by atoms with Crippen molar-refractivity contribution < 1.29 is 0 Å². The zero-order valence-electron chi connectivity index (χ0n) is 72.2. The first-order valence-electron chi connectivity index (χ1n) is 43.6. The molecule has 0 fully saturated rings. The van der Waals surface area contributed by atoms with Gasteiger partial charge in [-0.25, -0.2) is 29.9 Å². The van der Waals surface area contributed by atoms with E-state index in [0.29, 0.717) is 68.3 Å². The number of nitriles is 4. The molecule has 14 nitrogen and oxygen atoms in total. The van der Waals surface area contributed by atoms with Crippen LogP contribution in [0.1, 0.15) is 85.5 Å². The molecule has 14 heteroatoms. The first kappa shape index (κ1) is 78.7. The van der Waals surface area contributed by atoms with Crippen LogP contribution in [0.5, 0.6) is 0 Å². The van der Waals surface area contributed by atoms with Crippen LogP contribution in [0.3, 0.4) is 0 Å². The minimum absolute atomic E-state index is 0.0954. The predicted octanol–water partition coefficient (Wildman–Crippen LogP) is 27.8. The fourth-order valence-electron chi connectivity index (χ4n) is 19.1. The van der Waals surface area contributed by atoms with Crippen molar-refractivity contribution in [1.82, 2.24) is 48.2 Å². The zero-order chi connectivity index (χ0) is 88.2. The topological polar surface area (TPSA) is 192 Å². The van der Waals surface area contributed by atoms with Crippen LogP contribution in [0.2, 0.25) is 0 Å². The highest BCUT2D eigenvalue weighted by Crippen LogP contribution is 2.47. The van der Waals surface area contributed by atoms with Gasteiger partial charge in [0.1, 0.15) is 0 Å². The Morgan fingerprint density at radius 2 is 0.585 bits per heavy atom. The normalized spacial score (nSPS) is 11.8. The van der Waals surface area contributed by atoms with Gasteiger partial charge in [0.15, 0.2) is 34.9 Å². The standard InChI is InChI=1S/C116H80N14/c1-71-39-49-101-91(57-71)85-31-13-19-37-99(85)129(101)107-61-75(69-119)40-47-89(107)111-121-109(77-25-9-7-10-26-77)123-113(125-111)95-63-81(79-29-21-23-73(58-79)67-117)43-51-105(95)127-97-35-17-14-32-86(97)92-60-72(42-50-102(92)127)55-56-116(5,6)84-46-54-104-94(66-84)88-34-16-20-38-100(88)130(104)108-62-76(70-120)41-48-90(108)112-122-110(78-27-11-8-12-28-78)124-114(126-112)96-64-82(80-30-22-24-74(59-80)68-118)44-52-106(96)128-98-36-18-15-33-87(98)93-65-83(115(2,3)4)45-53-103(93)128/h7-54,57-66H,55-56H2,1-6H3. The Balaban J connectivity index is 0.649. The molecule has 0 N–H and O–H groups in total. The van der Waals surface area contributed by atoms with Gasteiger partial charge in [-0.1, -0.05) is 234 Å². The van der Waals surface area contributed by atoms with E-state index in [0.717, 1.165) is 173 Å². The number of benzene rings is 16. The molecule has 0 saturated heterocycles. The molecule has 0 amide bonds. The summed E-state index contributed by atoms with van der Waals surface area (Å²) < 4.78 is 9.16. The van der Waals surface area contributed by atoms with E-state index >= 15 is 0 Å². The minimum atomic E-state index is -0.336. The quantitative estimate of drug-likeness (QED) is 0.0899. The van der Waals surface area contributed by atoms with Gasteiger partial charge in [0, 0.05) is 76.5 Å². The molecule has 0 unspecified atom stereocenters. The second-order valence-electron chi connectivity index (χ2n) is 35.3. The molecule has 0 aliphatic heterocycles. The van der Waals surface area contributed by atoms with Gasteiger partial charge in [-0.2, -0.15) is 21.0 Å². The molecule has 0 spiro atoms. The molecule has 0 atom stereocenters. The van der Waals surface area contributed by atoms with Crippen LogP contribution >= 0.6 is 0 Å². The van der Waals surface area contributed by atoms with Crippen molar-refractivity contribution in [1.29, 1.82) is 21.0 Å². The van der Waals surface area contributed by atoms with Crippen molar-refractivity contribution in [3.63, 3.8) is 0 Å². The molecule has 0 aliphatic carbocycles. The van der Waals surface area contributed by atoms with Crippen LogP contribution in [0.25, 0.3) is 201 Å². The Hall–Kier alpha value is -17.3. The molecule has 130 heavy (non-hydrogen) atoms. The average molecular weight is 1670 g/mol. The number of rotatable bonds is 16. The largest absolute Gasteiger partial charge is 0.309 e. The third-order valence-corrected chi connectivity index (χ3v) is 25.8. The fraction of sp³-hybridized carbons (Fsp3) is 0.0862. The Morgan fingerprint density at radius 1 is 0.246 bits per heavy atom. The molecule has 16 aromatic carbocycles. The van der Waals surface area contributed by atoms with Crippen LogP contribution in [0.15, 0.2) is 352 Å². The molecule has 0 radical (unpaired) electrons. The van der Waals surface area contributed by atoms with Gasteiger partial charge in [-0.3, -0.25) is 0 Å². The molecule has 6 heterocycles. The summed E-state index contributed by atoms with van der Waals surface area (Å²) in [4.78, 5) is 33.0. The number of hydrogen-bond acceptors (Lipinski definition) is 10. The molecule has 0 aliphatic rings. The fourth-order valence-corrected chi connectivity index (χ4v) is 19.1. The first-order valence-corrected chi connectivity index (χ1v) is 43.6. The smallest absolute Gasteiger partial charge is 0.166 e.